The minimum absolute atomic E-state index is 0.252. The van der Waals surface area contributed by atoms with Crippen LogP contribution in [0.1, 0.15) is 11.1 Å². The SMILES string of the molecule is Cc1ccc(C)c(NC(=O)Nc2cccc(-c3cc4ccccc4[nH]3)c2)c1. The van der Waals surface area contributed by atoms with Gasteiger partial charge in [-0.15, -0.1) is 0 Å². The summed E-state index contributed by atoms with van der Waals surface area (Å²) in [6.07, 6.45) is 0. The molecule has 0 saturated heterocycles. The highest BCUT2D eigenvalue weighted by Crippen LogP contribution is 2.26. The third kappa shape index (κ3) is 3.70. The molecule has 4 rings (SSSR count). The second kappa shape index (κ2) is 7.00. The zero-order chi connectivity index (χ0) is 18.8. The predicted octanol–water partition coefficient (Wildman–Crippen LogP) is 6.10. The lowest BCUT2D eigenvalue weighted by Gasteiger charge is -2.11. The van der Waals surface area contributed by atoms with E-state index in [1.807, 2.05) is 68.4 Å². The number of hydrogen-bond acceptors (Lipinski definition) is 1. The first-order valence-corrected chi connectivity index (χ1v) is 8.92. The lowest BCUT2D eigenvalue weighted by Crippen LogP contribution is -2.20. The Hall–Kier alpha value is -3.53. The number of anilines is 2. The van der Waals surface area contributed by atoms with Gasteiger partial charge in [0.1, 0.15) is 0 Å². The molecule has 4 nitrogen and oxygen atoms in total. The van der Waals surface area contributed by atoms with E-state index in [-0.39, 0.29) is 6.03 Å². The van der Waals surface area contributed by atoms with Gasteiger partial charge in [-0.2, -0.15) is 0 Å². The van der Waals surface area contributed by atoms with E-state index in [1.54, 1.807) is 0 Å². The van der Waals surface area contributed by atoms with Gasteiger partial charge in [-0.05, 0) is 55.3 Å². The normalized spacial score (nSPS) is 10.7. The summed E-state index contributed by atoms with van der Waals surface area (Å²) in [5.41, 5.74) is 6.84. The van der Waals surface area contributed by atoms with Crippen LogP contribution in [0.25, 0.3) is 22.2 Å². The summed E-state index contributed by atoms with van der Waals surface area (Å²) >= 11 is 0. The fourth-order valence-corrected chi connectivity index (χ4v) is 3.15. The van der Waals surface area contributed by atoms with Crippen molar-refractivity contribution >= 4 is 28.3 Å². The molecular weight excluding hydrogens is 334 g/mol. The average Bonchev–Trinajstić information content (AvgIpc) is 3.09. The summed E-state index contributed by atoms with van der Waals surface area (Å²) in [4.78, 5) is 15.8. The fraction of sp³-hybridized carbons (Fsp3) is 0.0870. The highest BCUT2D eigenvalue weighted by molar-refractivity contribution is 6.00. The van der Waals surface area contributed by atoms with Crippen molar-refractivity contribution in [3.05, 3.63) is 83.9 Å². The predicted molar refractivity (Wildman–Crippen MR) is 112 cm³/mol. The van der Waals surface area contributed by atoms with Crippen LogP contribution in [-0.2, 0) is 0 Å². The molecule has 0 radical (unpaired) electrons. The van der Waals surface area contributed by atoms with Crippen LogP contribution in [-0.4, -0.2) is 11.0 Å². The van der Waals surface area contributed by atoms with Crippen LogP contribution >= 0.6 is 0 Å². The highest BCUT2D eigenvalue weighted by atomic mass is 16.2. The van der Waals surface area contributed by atoms with Crippen LogP contribution in [0.5, 0.6) is 0 Å². The second-order valence-corrected chi connectivity index (χ2v) is 6.75. The van der Waals surface area contributed by atoms with Crippen LogP contribution in [0.15, 0.2) is 72.8 Å². The van der Waals surface area contributed by atoms with Gasteiger partial charge in [0.05, 0.1) is 0 Å². The molecule has 0 aliphatic carbocycles. The molecule has 0 atom stereocenters. The van der Waals surface area contributed by atoms with Crippen molar-refractivity contribution in [2.75, 3.05) is 10.6 Å². The number of aryl methyl sites for hydroxylation is 2. The van der Waals surface area contributed by atoms with Crippen LogP contribution in [0, 0.1) is 13.8 Å². The van der Waals surface area contributed by atoms with Crippen LogP contribution in [0.2, 0.25) is 0 Å². The van der Waals surface area contributed by atoms with Crippen molar-refractivity contribution in [2.45, 2.75) is 13.8 Å². The molecule has 4 heteroatoms. The van der Waals surface area contributed by atoms with Gasteiger partial charge in [-0.1, -0.05) is 42.5 Å². The van der Waals surface area contributed by atoms with Crippen molar-refractivity contribution in [2.24, 2.45) is 0 Å². The number of carbonyl (C=O) groups is 1. The molecule has 1 aromatic heterocycles. The fourth-order valence-electron chi connectivity index (χ4n) is 3.15. The van der Waals surface area contributed by atoms with Gasteiger partial charge in [-0.3, -0.25) is 0 Å². The van der Waals surface area contributed by atoms with E-state index in [2.05, 4.69) is 33.8 Å². The van der Waals surface area contributed by atoms with Gasteiger partial charge in [0, 0.05) is 33.5 Å². The number of benzene rings is 3. The molecule has 0 fully saturated rings. The first-order chi connectivity index (χ1) is 13.1. The van der Waals surface area contributed by atoms with Crippen LogP contribution in [0.3, 0.4) is 0 Å². The first-order valence-electron chi connectivity index (χ1n) is 8.92. The lowest BCUT2D eigenvalue weighted by molar-refractivity contribution is 0.262. The Morgan fingerprint density at radius 1 is 0.852 bits per heavy atom. The number of aromatic nitrogens is 1. The Kier molecular flexibility index (Phi) is 4.38. The van der Waals surface area contributed by atoms with Gasteiger partial charge in [0.2, 0.25) is 0 Å². The molecule has 0 saturated carbocycles. The molecule has 0 bridgehead atoms. The van der Waals surface area contributed by atoms with Gasteiger partial charge in [-0.25, -0.2) is 4.79 Å². The molecule has 0 unspecified atom stereocenters. The standard InChI is InChI=1S/C23H21N3O/c1-15-10-11-16(2)21(12-15)26-23(27)24-19-8-5-7-17(13-19)22-14-18-6-3-4-9-20(18)25-22/h3-14,25H,1-2H3,(H2,24,26,27). The number of hydrogen-bond donors (Lipinski definition) is 3. The van der Waals surface area contributed by atoms with Gasteiger partial charge in [0.15, 0.2) is 0 Å². The summed E-state index contributed by atoms with van der Waals surface area (Å²) in [6.45, 7) is 3.98. The molecule has 0 aliphatic rings. The molecule has 2 amide bonds. The van der Waals surface area contributed by atoms with Gasteiger partial charge in [0.25, 0.3) is 0 Å². The van der Waals surface area contributed by atoms with Crippen molar-refractivity contribution in [1.29, 1.82) is 0 Å². The maximum Gasteiger partial charge on any atom is 0.323 e. The number of urea groups is 1. The van der Waals surface area contributed by atoms with Crippen molar-refractivity contribution in [3.8, 4) is 11.3 Å². The number of carbonyl (C=O) groups excluding carboxylic acids is 1. The zero-order valence-electron chi connectivity index (χ0n) is 15.3. The van der Waals surface area contributed by atoms with Gasteiger partial charge < -0.3 is 15.6 Å². The second-order valence-electron chi connectivity index (χ2n) is 6.75. The van der Waals surface area contributed by atoms with E-state index in [0.717, 1.165) is 39.3 Å². The summed E-state index contributed by atoms with van der Waals surface area (Å²) in [7, 11) is 0. The van der Waals surface area contributed by atoms with Crippen molar-refractivity contribution < 1.29 is 4.79 Å². The minimum Gasteiger partial charge on any atom is -0.355 e. The number of rotatable bonds is 3. The molecule has 0 spiro atoms. The number of aromatic amines is 1. The minimum atomic E-state index is -0.252. The largest absolute Gasteiger partial charge is 0.355 e. The zero-order valence-corrected chi connectivity index (χ0v) is 15.3. The number of amides is 2. The number of nitrogens with one attached hydrogen (secondary N) is 3. The van der Waals surface area contributed by atoms with Crippen LogP contribution in [0.4, 0.5) is 16.2 Å². The first kappa shape index (κ1) is 16.9. The summed E-state index contributed by atoms with van der Waals surface area (Å²) in [5, 5.41) is 7.00. The molecule has 4 aromatic rings. The molecule has 27 heavy (non-hydrogen) atoms. The molecule has 3 aromatic carbocycles. The number of H-pyrrole nitrogens is 1. The molecule has 134 valence electrons. The Morgan fingerprint density at radius 3 is 2.56 bits per heavy atom. The van der Waals surface area contributed by atoms with Crippen LogP contribution < -0.4 is 10.6 Å². The molecular formula is C23H21N3O. The van der Waals surface area contributed by atoms with Crippen molar-refractivity contribution in [1.82, 2.24) is 4.98 Å². The Bertz CT molecular complexity index is 1090. The maximum atomic E-state index is 12.4. The summed E-state index contributed by atoms with van der Waals surface area (Å²) < 4.78 is 0. The quantitative estimate of drug-likeness (QED) is 0.409. The van der Waals surface area contributed by atoms with E-state index >= 15 is 0 Å². The average molecular weight is 355 g/mol. The lowest BCUT2D eigenvalue weighted by atomic mass is 10.1. The molecule has 3 N–H and O–H groups in total. The third-order valence-electron chi connectivity index (χ3n) is 4.60. The maximum absolute atomic E-state index is 12.4. The van der Waals surface area contributed by atoms with E-state index in [4.69, 9.17) is 0 Å². The molecule has 0 aliphatic heterocycles. The summed E-state index contributed by atoms with van der Waals surface area (Å²) in [6, 6.07) is 23.8. The van der Waals surface area contributed by atoms with E-state index in [1.165, 1.54) is 5.39 Å². The Morgan fingerprint density at radius 2 is 1.70 bits per heavy atom. The van der Waals surface area contributed by atoms with E-state index in [9.17, 15) is 4.79 Å². The van der Waals surface area contributed by atoms with E-state index in [0.29, 0.717) is 0 Å². The highest BCUT2D eigenvalue weighted by Gasteiger charge is 2.08. The smallest absolute Gasteiger partial charge is 0.323 e. The summed E-state index contributed by atoms with van der Waals surface area (Å²) in [5.74, 6) is 0. The topological polar surface area (TPSA) is 56.9 Å². The number of para-hydroxylation sites is 1. The van der Waals surface area contributed by atoms with Crippen molar-refractivity contribution in [3.63, 3.8) is 0 Å². The van der Waals surface area contributed by atoms with Gasteiger partial charge >= 0.3 is 6.03 Å². The Labute approximate surface area is 158 Å². The van der Waals surface area contributed by atoms with E-state index < -0.39 is 0 Å². The number of fused-ring (bicyclic) bond motifs is 1. The third-order valence-corrected chi connectivity index (χ3v) is 4.60. The molecule has 1 heterocycles. The Balaban J connectivity index is 1.54. The monoisotopic (exact) mass is 355 g/mol.